The molecule has 0 saturated heterocycles. The summed E-state index contributed by atoms with van der Waals surface area (Å²) in [5.41, 5.74) is 0.794. The number of benzene rings is 1. The lowest BCUT2D eigenvalue weighted by atomic mass is 10.1. The molecule has 1 aromatic carbocycles. The smallest absolute Gasteiger partial charge is 0.410 e. The Morgan fingerprint density at radius 2 is 1.62 bits per heavy atom. The first-order valence-corrected chi connectivity index (χ1v) is 10.5. The second kappa shape index (κ2) is 9.14. The van der Waals surface area contributed by atoms with Gasteiger partial charge in [-0.2, -0.15) is 0 Å². The van der Waals surface area contributed by atoms with E-state index in [-0.39, 0.29) is 11.6 Å². The molecule has 0 unspecified atom stereocenters. The van der Waals surface area contributed by atoms with E-state index in [0.717, 1.165) is 24.0 Å². The molecule has 8 heteroatoms. The van der Waals surface area contributed by atoms with Crippen LogP contribution in [-0.2, 0) is 4.74 Å². The highest BCUT2D eigenvalue weighted by Crippen LogP contribution is 2.43. The minimum Gasteiger partial charge on any atom is -0.493 e. The van der Waals surface area contributed by atoms with Gasteiger partial charge in [0.15, 0.2) is 11.5 Å². The molecular formula is C24H32N2O6. The van der Waals surface area contributed by atoms with Crippen molar-refractivity contribution >= 4 is 6.09 Å². The van der Waals surface area contributed by atoms with Crippen LogP contribution in [0.4, 0.5) is 4.79 Å². The fourth-order valence-corrected chi connectivity index (χ4v) is 3.37. The van der Waals surface area contributed by atoms with Gasteiger partial charge in [-0.1, -0.05) is 0 Å². The summed E-state index contributed by atoms with van der Waals surface area (Å²) in [6.07, 6.45) is 4.78. The van der Waals surface area contributed by atoms with Gasteiger partial charge in [0.25, 0.3) is 0 Å². The molecular weight excluding hydrogens is 412 g/mol. The van der Waals surface area contributed by atoms with Gasteiger partial charge in [0.05, 0.1) is 33.1 Å². The molecule has 8 nitrogen and oxygen atoms in total. The minimum absolute atomic E-state index is 0.345. The highest BCUT2D eigenvalue weighted by atomic mass is 16.6. The van der Waals surface area contributed by atoms with Gasteiger partial charge in [0.2, 0.25) is 5.75 Å². The van der Waals surface area contributed by atoms with Gasteiger partial charge < -0.3 is 28.6 Å². The number of nitrogens with zero attached hydrogens (tertiary/aromatic N) is 2. The van der Waals surface area contributed by atoms with Crippen LogP contribution in [0.15, 0.2) is 30.6 Å². The van der Waals surface area contributed by atoms with Crippen molar-refractivity contribution in [3.8, 4) is 34.1 Å². The van der Waals surface area contributed by atoms with Crippen molar-refractivity contribution in [3.05, 3.63) is 30.6 Å². The van der Waals surface area contributed by atoms with Crippen molar-refractivity contribution in [1.82, 2.24) is 9.88 Å². The number of hydrogen-bond acceptors (Lipinski definition) is 7. The summed E-state index contributed by atoms with van der Waals surface area (Å²) < 4.78 is 27.9. The van der Waals surface area contributed by atoms with Crippen molar-refractivity contribution in [2.45, 2.75) is 44.8 Å². The lowest BCUT2D eigenvalue weighted by molar-refractivity contribution is 0.0139. The number of amides is 1. The SMILES string of the molecule is COc1cc(-c2cncc(OCC3(N(C)C(=O)OC(C)(C)C)CC3)c2)cc(OC)c1OC. The fourth-order valence-electron chi connectivity index (χ4n) is 3.37. The number of aromatic nitrogens is 1. The van der Waals surface area contributed by atoms with Crippen LogP contribution in [0.2, 0.25) is 0 Å². The number of carbonyl (C=O) groups excluding carboxylic acids is 1. The predicted molar refractivity (Wildman–Crippen MR) is 121 cm³/mol. The van der Waals surface area contributed by atoms with E-state index in [1.165, 1.54) is 0 Å². The topological polar surface area (TPSA) is 79.4 Å². The summed E-state index contributed by atoms with van der Waals surface area (Å²) in [5.74, 6) is 2.26. The summed E-state index contributed by atoms with van der Waals surface area (Å²) in [7, 11) is 6.48. The van der Waals surface area contributed by atoms with Crippen molar-refractivity contribution in [1.29, 1.82) is 0 Å². The van der Waals surface area contributed by atoms with Crippen molar-refractivity contribution in [2.75, 3.05) is 35.0 Å². The zero-order chi connectivity index (χ0) is 23.5. The molecule has 1 aromatic heterocycles. The highest BCUT2D eigenvalue weighted by Gasteiger charge is 2.50. The molecule has 1 aliphatic carbocycles. The Labute approximate surface area is 189 Å². The van der Waals surface area contributed by atoms with Crippen LogP contribution < -0.4 is 18.9 Å². The average molecular weight is 445 g/mol. The molecule has 0 radical (unpaired) electrons. The van der Waals surface area contributed by atoms with Gasteiger partial charge in [-0.3, -0.25) is 4.98 Å². The minimum atomic E-state index is -0.541. The molecule has 1 aliphatic rings. The summed E-state index contributed by atoms with van der Waals surface area (Å²) in [6, 6.07) is 5.62. The molecule has 174 valence electrons. The van der Waals surface area contributed by atoms with Crippen LogP contribution in [0.1, 0.15) is 33.6 Å². The van der Waals surface area contributed by atoms with E-state index in [9.17, 15) is 4.79 Å². The first-order valence-electron chi connectivity index (χ1n) is 10.5. The number of likely N-dealkylation sites (N-methyl/N-ethyl adjacent to an activating group) is 1. The molecule has 0 N–H and O–H groups in total. The maximum atomic E-state index is 12.5. The standard InChI is InChI=1S/C24H32N2O6/c1-23(2,3)32-22(27)26(4)24(8-9-24)15-31-18-10-17(13-25-14-18)16-11-19(28-5)21(30-7)20(12-16)29-6/h10-14H,8-9,15H2,1-7H3. The zero-order valence-corrected chi connectivity index (χ0v) is 19.9. The van der Waals surface area contributed by atoms with Crippen molar-refractivity contribution in [3.63, 3.8) is 0 Å². The Hall–Kier alpha value is -3.16. The Morgan fingerprint density at radius 3 is 2.12 bits per heavy atom. The number of carbonyl (C=O) groups is 1. The lowest BCUT2D eigenvalue weighted by Crippen LogP contribution is -2.45. The van der Waals surface area contributed by atoms with Crippen LogP contribution in [0.5, 0.6) is 23.0 Å². The molecule has 0 spiro atoms. The van der Waals surface area contributed by atoms with E-state index in [1.54, 1.807) is 45.7 Å². The molecule has 1 amide bonds. The Kier molecular flexibility index (Phi) is 6.71. The van der Waals surface area contributed by atoms with Gasteiger partial charge in [-0.25, -0.2) is 4.79 Å². The third-order valence-electron chi connectivity index (χ3n) is 5.42. The largest absolute Gasteiger partial charge is 0.493 e. The van der Waals surface area contributed by atoms with Crippen LogP contribution in [0.3, 0.4) is 0 Å². The van der Waals surface area contributed by atoms with Gasteiger partial charge in [-0.05, 0) is 57.4 Å². The molecule has 3 rings (SSSR count). The van der Waals surface area contributed by atoms with E-state index >= 15 is 0 Å². The molecule has 32 heavy (non-hydrogen) atoms. The Balaban J connectivity index is 1.76. The Bertz CT molecular complexity index is 940. The lowest BCUT2D eigenvalue weighted by Gasteiger charge is -2.30. The van der Waals surface area contributed by atoms with Gasteiger partial charge in [-0.15, -0.1) is 0 Å². The van der Waals surface area contributed by atoms with E-state index in [4.69, 9.17) is 23.7 Å². The third-order valence-corrected chi connectivity index (χ3v) is 5.42. The van der Waals surface area contributed by atoms with E-state index in [2.05, 4.69) is 4.98 Å². The second-order valence-corrected chi connectivity index (χ2v) is 8.88. The number of ether oxygens (including phenoxy) is 5. The Morgan fingerprint density at radius 1 is 1.00 bits per heavy atom. The predicted octanol–water partition coefficient (Wildman–Crippen LogP) is 4.55. The normalized spacial score (nSPS) is 14.3. The molecule has 1 heterocycles. The molecule has 1 fully saturated rings. The molecule has 1 saturated carbocycles. The van der Waals surface area contributed by atoms with Gasteiger partial charge in [0.1, 0.15) is 18.0 Å². The summed E-state index contributed by atoms with van der Waals surface area (Å²) >= 11 is 0. The number of methoxy groups -OCH3 is 3. The van der Waals surface area contributed by atoms with E-state index in [0.29, 0.717) is 29.6 Å². The average Bonchev–Trinajstić information content (AvgIpc) is 3.56. The number of hydrogen-bond donors (Lipinski definition) is 0. The van der Waals surface area contributed by atoms with Crippen LogP contribution >= 0.6 is 0 Å². The van der Waals surface area contributed by atoms with Crippen LogP contribution in [0, 0.1) is 0 Å². The van der Waals surface area contributed by atoms with Crippen molar-refractivity contribution in [2.24, 2.45) is 0 Å². The summed E-state index contributed by atoms with van der Waals surface area (Å²) in [4.78, 5) is 18.4. The molecule has 0 aliphatic heterocycles. The summed E-state index contributed by atoms with van der Waals surface area (Å²) in [5, 5.41) is 0. The third kappa shape index (κ3) is 5.18. The highest BCUT2D eigenvalue weighted by molar-refractivity contribution is 5.71. The number of pyridine rings is 1. The van der Waals surface area contributed by atoms with Gasteiger partial charge in [0, 0.05) is 18.8 Å². The molecule has 0 atom stereocenters. The summed E-state index contributed by atoms with van der Waals surface area (Å²) in [6.45, 7) is 5.93. The van der Waals surface area contributed by atoms with E-state index in [1.807, 2.05) is 39.0 Å². The van der Waals surface area contributed by atoms with Crippen LogP contribution in [-0.4, -0.2) is 62.1 Å². The molecule has 0 bridgehead atoms. The first kappa shape index (κ1) is 23.5. The van der Waals surface area contributed by atoms with Gasteiger partial charge >= 0.3 is 6.09 Å². The number of rotatable bonds is 8. The second-order valence-electron chi connectivity index (χ2n) is 8.88. The van der Waals surface area contributed by atoms with Crippen molar-refractivity contribution < 1.29 is 28.5 Å². The maximum Gasteiger partial charge on any atom is 0.410 e. The quantitative estimate of drug-likeness (QED) is 0.591. The fraction of sp³-hybridized carbons (Fsp3) is 0.500. The van der Waals surface area contributed by atoms with Crippen LogP contribution in [0.25, 0.3) is 11.1 Å². The first-order chi connectivity index (χ1) is 15.1. The van der Waals surface area contributed by atoms with E-state index < -0.39 is 5.60 Å². The zero-order valence-electron chi connectivity index (χ0n) is 19.9. The maximum absolute atomic E-state index is 12.5. The monoisotopic (exact) mass is 444 g/mol. The molecule has 2 aromatic rings.